The van der Waals surface area contributed by atoms with Gasteiger partial charge >= 0.3 is 0 Å². The lowest BCUT2D eigenvalue weighted by molar-refractivity contribution is 0.105. The van der Waals surface area contributed by atoms with Gasteiger partial charge in [-0.25, -0.2) is 0 Å². The first kappa shape index (κ1) is 13.0. The summed E-state index contributed by atoms with van der Waals surface area (Å²) >= 11 is 0. The van der Waals surface area contributed by atoms with E-state index in [4.69, 9.17) is 0 Å². The third-order valence-electron chi connectivity index (χ3n) is 4.24. The van der Waals surface area contributed by atoms with Crippen LogP contribution in [-0.2, 0) is 0 Å². The van der Waals surface area contributed by atoms with Crippen LogP contribution in [0.2, 0.25) is 0 Å². The maximum atomic E-state index is 3.56. The molecule has 1 heterocycles. The Balaban J connectivity index is 2.51. The highest BCUT2D eigenvalue weighted by atomic mass is 15.1. The summed E-state index contributed by atoms with van der Waals surface area (Å²) in [6.07, 6.45) is 5.31. The Morgan fingerprint density at radius 1 is 1.40 bits per heavy atom. The Kier molecular flexibility index (Phi) is 5.07. The van der Waals surface area contributed by atoms with Crippen LogP contribution in [0.15, 0.2) is 0 Å². The second kappa shape index (κ2) is 5.86. The van der Waals surface area contributed by atoms with Crippen molar-refractivity contribution < 1.29 is 0 Å². The number of hydrogen-bond donors (Lipinski definition) is 1. The highest BCUT2D eigenvalue weighted by molar-refractivity contribution is 4.87. The van der Waals surface area contributed by atoms with Crippen LogP contribution in [0.3, 0.4) is 0 Å². The standard InChI is InChI=1S/C13H28N2/c1-5-12(3)15(4)11-13(6-2)8-7-9-14-10-13/h12,14H,5-11H2,1-4H3. The predicted octanol–water partition coefficient (Wildman–Crippen LogP) is 2.50. The van der Waals surface area contributed by atoms with Gasteiger partial charge in [0.05, 0.1) is 0 Å². The van der Waals surface area contributed by atoms with Gasteiger partial charge in [-0.15, -0.1) is 0 Å². The number of rotatable bonds is 5. The minimum absolute atomic E-state index is 0.538. The van der Waals surface area contributed by atoms with Gasteiger partial charge in [0.1, 0.15) is 0 Å². The summed E-state index contributed by atoms with van der Waals surface area (Å²) in [5.41, 5.74) is 0.538. The van der Waals surface area contributed by atoms with Crippen molar-refractivity contribution in [3.63, 3.8) is 0 Å². The molecule has 0 aromatic heterocycles. The zero-order valence-electron chi connectivity index (χ0n) is 11.0. The lowest BCUT2D eigenvalue weighted by Crippen LogP contribution is -2.48. The maximum absolute atomic E-state index is 3.56. The van der Waals surface area contributed by atoms with Crippen molar-refractivity contribution >= 4 is 0 Å². The van der Waals surface area contributed by atoms with E-state index < -0.39 is 0 Å². The van der Waals surface area contributed by atoms with Gasteiger partial charge in [-0.05, 0) is 51.6 Å². The molecule has 0 radical (unpaired) electrons. The van der Waals surface area contributed by atoms with Gasteiger partial charge in [-0.1, -0.05) is 13.8 Å². The molecule has 0 saturated carbocycles. The second-order valence-corrected chi connectivity index (χ2v) is 5.31. The quantitative estimate of drug-likeness (QED) is 0.753. The van der Waals surface area contributed by atoms with E-state index in [-0.39, 0.29) is 0 Å². The van der Waals surface area contributed by atoms with E-state index in [1.807, 2.05) is 0 Å². The fourth-order valence-electron chi connectivity index (χ4n) is 2.58. The molecule has 2 heteroatoms. The molecule has 1 rings (SSSR count). The van der Waals surface area contributed by atoms with E-state index in [9.17, 15) is 0 Å². The van der Waals surface area contributed by atoms with E-state index >= 15 is 0 Å². The first-order valence-electron chi connectivity index (χ1n) is 6.54. The van der Waals surface area contributed by atoms with Gasteiger partial charge in [-0.3, -0.25) is 0 Å². The summed E-state index contributed by atoms with van der Waals surface area (Å²) in [4.78, 5) is 2.54. The third kappa shape index (κ3) is 3.46. The lowest BCUT2D eigenvalue weighted by Gasteiger charge is -2.41. The summed E-state index contributed by atoms with van der Waals surface area (Å²) in [5, 5.41) is 3.56. The van der Waals surface area contributed by atoms with Crippen molar-refractivity contribution in [1.29, 1.82) is 0 Å². The molecular formula is C13H28N2. The van der Waals surface area contributed by atoms with Crippen molar-refractivity contribution in [1.82, 2.24) is 10.2 Å². The van der Waals surface area contributed by atoms with Crippen LogP contribution >= 0.6 is 0 Å². The SMILES string of the molecule is CCC(C)N(C)CC1(CC)CCCNC1. The molecule has 1 fully saturated rings. The Morgan fingerprint density at radius 3 is 2.60 bits per heavy atom. The Labute approximate surface area is 95.4 Å². The van der Waals surface area contributed by atoms with Gasteiger partial charge in [0, 0.05) is 19.1 Å². The summed E-state index contributed by atoms with van der Waals surface area (Å²) in [7, 11) is 2.28. The van der Waals surface area contributed by atoms with E-state index in [1.54, 1.807) is 0 Å². The first-order chi connectivity index (χ1) is 7.13. The highest BCUT2D eigenvalue weighted by Crippen LogP contribution is 2.31. The molecule has 1 aliphatic heterocycles. The molecule has 1 saturated heterocycles. The molecule has 0 aromatic carbocycles. The molecule has 1 N–H and O–H groups in total. The molecule has 2 nitrogen and oxygen atoms in total. The summed E-state index contributed by atoms with van der Waals surface area (Å²) in [6.45, 7) is 10.6. The van der Waals surface area contributed by atoms with Crippen LogP contribution in [0.1, 0.15) is 46.5 Å². The average Bonchev–Trinajstić information content (AvgIpc) is 2.29. The Hall–Kier alpha value is -0.0800. The number of nitrogens with one attached hydrogen (secondary N) is 1. The van der Waals surface area contributed by atoms with Gasteiger partial charge in [0.15, 0.2) is 0 Å². The van der Waals surface area contributed by atoms with Crippen LogP contribution in [-0.4, -0.2) is 37.6 Å². The first-order valence-corrected chi connectivity index (χ1v) is 6.54. The van der Waals surface area contributed by atoms with E-state index in [2.05, 4.69) is 38.0 Å². The van der Waals surface area contributed by atoms with Crippen molar-refractivity contribution in [2.45, 2.75) is 52.5 Å². The van der Waals surface area contributed by atoms with E-state index in [1.165, 1.54) is 45.3 Å². The molecule has 0 aromatic rings. The summed E-state index contributed by atoms with van der Waals surface area (Å²) < 4.78 is 0. The Morgan fingerprint density at radius 2 is 2.13 bits per heavy atom. The molecule has 0 bridgehead atoms. The molecule has 0 amide bonds. The van der Waals surface area contributed by atoms with Crippen LogP contribution < -0.4 is 5.32 Å². The fourth-order valence-corrected chi connectivity index (χ4v) is 2.58. The minimum Gasteiger partial charge on any atom is -0.316 e. The van der Waals surface area contributed by atoms with E-state index in [0.29, 0.717) is 5.41 Å². The largest absolute Gasteiger partial charge is 0.316 e. The topological polar surface area (TPSA) is 15.3 Å². The molecular weight excluding hydrogens is 184 g/mol. The van der Waals surface area contributed by atoms with Crippen LogP contribution in [0.4, 0.5) is 0 Å². The van der Waals surface area contributed by atoms with Gasteiger partial charge in [0.2, 0.25) is 0 Å². The number of hydrogen-bond acceptors (Lipinski definition) is 2. The normalized spacial score (nSPS) is 29.4. The van der Waals surface area contributed by atoms with Crippen LogP contribution in [0.5, 0.6) is 0 Å². The molecule has 1 aliphatic rings. The summed E-state index contributed by atoms with van der Waals surface area (Å²) in [6, 6.07) is 0.718. The lowest BCUT2D eigenvalue weighted by atomic mass is 9.77. The molecule has 0 spiro atoms. The van der Waals surface area contributed by atoms with Crippen molar-refractivity contribution in [2.75, 3.05) is 26.7 Å². The second-order valence-electron chi connectivity index (χ2n) is 5.31. The molecule has 0 aliphatic carbocycles. The highest BCUT2D eigenvalue weighted by Gasteiger charge is 2.31. The zero-order chi connectivity index (χ0) is 11.3. The smallest absolute Gasteiger partial charge is 0.00614 e. The molecule has 90 valence electrons. The van der Waals surface area contributed by atoms with E-state index in [0.717, 1.165) is 6.04 Å². The predicted molar refractivity (Wildman–Crippen MR) is 67.2 cm³/mol. The van der Waals surface area contributed by atoms with Gasteiger partial charge in [0.25, 0.3) is 0 Å². The van der Waals surface area contributed by atoms with Gasteiger partial charge in [-0.2, -0.15) is 0 Å². The minimum atomic E-state index is 0.538. The number of nitrogens with zero attached hydrogens (tertiary/aromatic N) is 1. The maximum Gasteiger partial charge on any atom is 0.00614 e. The van der Waals surface area contributed by atoms with Crippen molar-refractivity contribution in [2.24, 2.45) is 5.41 Å². The van der Waals surface area contributed by atoms with Crippen LogP contribution in [0.25, 0.3) is 0 Å². The fraction of sp³-hybridized carbons (Fsp3) is 1.00. The van der Waals surface area contributed by atoms with Gasteiger partial charge < -0.3 is 10.2 Å². The van der Waals surface area contributed by atoms with Crippen molar-refractivity contribution in [3.8, 4) is 0 Å². The summed E-state index contributed by atoms with van der Waals surface area (Å²) in [5.74, 6) is 0. The molecule has 2 atom stereocenters. The molecule has 2 unspecified atom stereocenters. The number of piperidine rings is 1. The Bertz CT molecular complexity index is 173. The molecule has 15 heavy (non-hydrogen) atoms. The zero-order valence-corrected chi connectivity index (χ0v) is 11.0. The van der Waals surface area contributed by atoms with Crippen LogP contribution in [0, 0.1) is 5.41 Å². The monoisotopic (exact) mass is 212 g/mol. The van der Waals surface area contributed by atoms with Crippen molar-refractivity contribution in [3.05, 3.63) is 0 Å². The third-order valence-corrected chi connectivity index (χ3v) is 4.24. The average molecular weight is 212 g/mol.